The van der Waals surface area contributed by atoms with E-state index in [1.54, 1.807) is 0 Å². The fourth-order valence-corrected chi connectivity index (χ4v) is 2.65. The Morgan fingerprint density at radius 1 is 1.05 bits per heavy atom. The average molecular weight is 278 g/mol. The van der Waals surface area contributed by atoms with E-state index in [4.69, 9.17) is 9.47 Å². The van der Waals surface area contributed by atoms with Crippen LogP contribution in [0.2, 0.25) is 0 Å². The molecule has 0 atom stereocenters. The van der Waals surface area contributed by atoms with Crippen molar-refractivity contribution >= 4 is 11.4 Å². The third-order valence-electron chi connectivity index (χ3n) is 3.68. The largest absolute Gasteiger partial charge is 0.371 e. The van der Waals surface area contributed by atoms with E-state index in [-0.39, 0.29) is 6.29 Å². The van der Waals surface area contributed by atoms with Crippen LogP contribution in [0.15, 0.2) is 24.3 Å². The third kappa shape index (κ3) is 3.64. The molecule has 0 amide bonds. The summed E-state index contributed by atoms with van der Waals surface area (Å²) in [7, 11) is 2.15. The minimum Gasteiger partial charge on any atom is -0.371 e. The second-order valence-electron chi connectivity index (χ2n) is 5.03. The van der Waals surface area contributed by atoms with Crippen LogP contribution in [0.4, 0.5) is 11.4 Å². The van der Waals surface area contributed by atoms with Gasteiger partial charge in [0.15, 0.2) is 6.29 Å². The first-order chi connectivity index (χ1) is 9.76. The number of ether oxygens (including phenoxy) is 2. The average Bonchev–Trinajstić information content (AvgIpc) is 2.47. The van der Waals surface area contributed by atoms with E-state index < -0.39 is 0 Å². The van der Waals surface area contributed by atoms with Gasteiger partial charge in [0.2, 0.25) is 0 Å². The third-order valence-corrected chi connectivity index (χ3v) is 3.68. The van der Waals surface area contributed by atoms with Gasteiger partial charge in [0.25, 0.3) is 0 Å². The van der Waals surface area contributed by atoms with Crippen molar-refractivity contribution in [1.29, 1.82) is 0 Å². The first-order valence-electron chi connectivity index (χ1n) is 7.54. The predicted octanol–water partition coefficient (Wildman–Crippen LogP) is 2.73. The number of anilines is 2. The van der Waals surface area contributed by atoms with Crippen molar-refractivity contribution < 1.29 is 9.47 Å². The molecule has 1 aliphatic heterocycles. The zero-order chi connectivity index (χ0) is 14.4. The van der Waals surface area contributed by atoms with Gasteiger partial charge in [-0.15, -0.1) is 0 Å². The molecule has 4 heteroatoms. The van der Waals surface area contributed by atoms with Crippen LogP contribution in [0.3, 0.4) is 0 Å². The summed E-state index contributed by atoms with van der Waals surface area (Å²) in [6.07, 6.45) is 0.816. The van der Waals surface area contributed by atoms with Gasteiger partial charge in [0, 0.05) is 46.3 Å². The molecule has 0 spiro atoms. The van der Waals surface area contributed by atoms with Crippen molar-refractivity contribution in [2.75, 3.05) is 49.7 Å². The van der Waals surface area contributed by atoms with Gasteiger partial charge in [0.05, 0.1) is 11.4 Å². The maximum Gasteiger partial charge on any atom is 0.159 e. The predicted molar refractivity (Wildman–Crippen MR) is 83.6 cm³/mol. The Balaban J connectivity index is 1.98. The highest BCUT2D eigenvalue weighted by Gasteiger charge is 2.20. The normalized spacial score (nSPS) is 14.8. The lowest BCUT2D eigenvalue weighted by Gasteiger charge is -2.37. The Morgan fingerprint density at radius 3 is 2.35 bits per heavy atom. The molecule has 2 rings (SSSR count). The molecule has 20 heavy (non-hydrogen) atoms. The second kappa shape index (κ2) is 7.50. The standard InChI is InChI=1S/C16H26N2O2/c1-4-19-16(20-5-2)10-11-18-13-12-17(3)14-8-6-7-9-15(14)18/h6-9,16H,4-5,10-13H2,1-3H3. The molecule has 0 aliphatic carbocycles. The van der Waals surface area contributed by atoms with Crippen LogP contribution in [-0.2, 0) is 9.47 Å². The number of nitrogens with zero attached hydrogens (tertiary/aromatic N) is 2. The van der Waals surface area contributed by atoms with Crippen molar-refractivity contribution in [2.24, 2.45) is 0 Å². The summed E-state index contributed by atoms with van der Waals surface area (Å²) in [5.41, 5.74) is 2.62. The minimum atomic E-state index is -0.0863. The molecule has 0 bridgehead atoms. The van der Waals surface area contributed by atoms with Gasteiger partial charge < -0.3 is 19.3 Å². The molecule has 0 radical (unpaired) electrons. The van der Waals surface area contributed by atoms with E-state index >= 15 is 0 Å². The topological polar surface area (TPSA) is 24.9 Å². The van der Waals surface area contributed by atoms with Crippen LogP contribution >= 0.6 is 0 Å². The molecule has 0 aromatic heterocycles. The summed E-state index contributed by atoms with van der Waals surface area (Å²) >= 11 is 0. The quantitative estimate of drug-likeness (QED) is 0.716. The van der Waals surface area contributed by atoms with Crippen LogP contribution in [-0.4, -0.2) is 46.2 Å². The lowest BCUT2D eigenvalue weighted by molar-refractivity contribution is -0.138. The monoisotopic (exact) mass is 278 g/mol. The van der Waals surface area contributed by atoms with Gasteiger partial charge in [0.1, 0.15) is 0 Å². The summed E-state index contributed by atoms with van der Waals surface area (Å²) in [5.74, 6) is 0. The summed E-state index contributed by atoms with van der Waals surface area (Å²) in [4.78, 5) is 4.74. The highest BCUT2D eigenvalue weighted by molar-refractivity contribution is 5.72. The van der Waals surface area contributed by atoms with E-state index in [0.29, 0.717) is 13.2 Å². The van der Waals surface area contributed by atoms with Crippen molar-refractivity contribution in [2.45, 2.75) is 26.6 Å². The van der Waals surface area contributed by atoms with E-state index in [1.165, 1.54) is 11.4 Å². The van der Waals surface area contributed by atoms with Crippen molar-refractivity contribution in [1.82, 2.24) is 0 Å². The number of likely N-dealkylation sites (N-methyl/N-ethyl adjacent to an activating group) is 1. The smallest absolute Gasteiger partial charge is 0.159 e. The van der Waals surface area contributed by atoms with E-state index in [1.807, 2.05) is 13.8 Å². The van der Waals surface area contributed by atoms with E-state index in [9.17, 15) is 0 Å². The fraction of sp³-hybridized carbons (Fsp3) is 0.625. The number of fused-ring (bicyclic) bond motifs is 1. The highest BCUT2D eigenvalue weighted by atomic mass is 16.7. The molecule has 0 N–H and O–H groups in total. The zero-order valence-electron chi connectivity index (χ0n) is 12.8. The van der Waals surface area contributed by atoms with Gasteiger partial charge >= 0.3 is 0 Å². The van der Waals surface area contributed by atoms with Crippen LogP contribution in [0.25, 0.3) is 0 Å². The Labute approximate surface area is 122 Å². The molecule has 4 nitrogen and oxygen atoms in total. The van der Waals surface area contributed by atoms with Crippen molar-refractivity contribution in [3.05, 3.63) is 24.3 Å². The Kier molecular flexibility index (Phi) is 5.68. The molecule has 0 saturated carbocycles. The molecule has 112 valence electrons. The summed E-state index contributed by atoms with van der Waals surface area (Å²) in [5, 5.41) is 0. The maximum atomic E-state index is 5.62. The summed E-state index contributed by atoms with van der Waals surface area (Å²) in [6, 6.07) is 8.58. The highest BCUT2D eigenvalue weighted by Crippen LogP contribution is 2.31. The van der Waals surface area contributed by atoms with Gasteiger partial charge in [-0.3, -0.25) is 0 Å². The lowest BCUT2D eigenvalue weighted by Crippen LogP contribution is -2.40. The summed E-state index contributed by atoms with van der Waals surface area (Å²) in [6.45, 7) is 8.50. The van der Waals surface area contributed by atoms with Crippen LogP contribution in [0.1, 0.15) is 20.3 Å². The zero-order valence-corrected chi connectivity index (χ0v) is 12.8. The van der Waals surface area contributed by atoms with Gasteiger partial charge in [-0.2, -0.15) is 0 Å². The number of para-hydroxylation sites is 2. The molecular weight excluding hydrogens is 252 g/mol. The molecule has 0 fully saturated rings. The molecule has 0 unspecified atom stereocenters. The Hall–Kier alpha value is -1.26. The molecule has 1 aromatic carbocycles. The van der Waals surface area contributed by atoms with Gasteiger partial charge in [-0.05, 0) is 26.0 Å². The minimum absolute atomic E-state index is 0.0863. The molecule has 1 aromatic rings. The molecular formula is C16H26N2O2. The van der Waals surface area contributed by atoms with Crippen LogP contribution < -0.4 is 9.80 Å². The first-order valence-corrected chi connectivity index (χ1v) is 7.54. The summed E-state index contributed by atoms with van der Waals surface area (Å²) < 4.78 is 11.2. The number of rotatable bonds is 7. The molecule has 1 aliphatic rings. The second-order valence-corrected chi connectivity index (χ2v) is 5.03. The maximum absolute atomic E-state index is 5.62. The lowest BCUT2D eigenvalue weighted by atomic mass is 10.1. The Morgan fingerprint density at radius 2 is 1.70 bits per heavy atom. The van der Waals surface area contributed by atoms with Crippen LogP contribution in [0.5, 0.6) is 0 Å². The molecule has 1 heterocycles. The molecule has 0 saturated heterocycles. The van der Waals surface area contributed by atoms with E-state index in [2.05, 4.69) is 41.1 Å². The number of hydrogen-bond donors (Lipinski definition) is 0. The van der Waals surface area contributed by atoms with Gasteiger partial charge in [-0.1, -0.05) is 12.1 Å². The Bertz CT molecular complexity index is 405. The van der Waals surface area contributed by atoms with E-state index in [0.717, 1.165) is 26.1 Å². The first kappa shape index (κ1) is 15.1. The SMILES string of the molecule is CCOC(CCN1CCN(C)c2ccccc21)OCC. The van der Waals surface area contributed by atoms with Crippen LogP contribution in [0, 0.1) is 0 Å². The van der Waals surface area contributed by atoms with Crippen molar-refractivity contribution in [3.8, 4) is 0 Å². The number of hydrogen-bond acceptors (Lipinski definition) is 4. The van der Waals surface area contributed by atoms with Gasteiger partial charge in [-0.25, -0.2) is 0 Å². The number of benzene rings is 1. The van der Waals surface area contributed by atoms with Crippen molar-refractivity contribution in [3.63, 3.8) is 0 Å². The fourth-order valence-electron chi connectivity index (χ4n) is 2.65.